The van der Waals surface area contributed by atoms with Gasteiger partial charge in [-0.3, -0.25) is 9.67 Å². The van der Waals surface area contributed by atoms with Crippen LogP contribution >= 0.6 is 0 Å². The fourth-order valence-electron chi connectivity index (χ4n) is 2.46. The van der Waals surface area contributed by atoms with Gasteiger partial charge >= 0.3 is 0 Å². The van der Waals surface area contributed by atoms with Crippen LogP contribution in [-0.4, -0.2) is 35.9 Å². The molecule has 0 fully saturated rings. The first-order valence-corrected chi connectivity index (χ1v) is 7.57. The van der Waals surface area contributed by atoms with Gasteiger partial charge in [0.05, 0.1) is 12.0 Å². The van der Waals surface area contributed by atoms with E-state index in [1.165, 1.54) is 11.3 Å². The van der Waals surface area contributed by atoms with E-state index in [9.17, 15) is 0 Å². The van der Waals surface area contributed by atoms with Gasteiger partial charge in [-0.15, -0.1) is 0 Å². The number of aliphatic imine (C=N–C) groups is 1. The van der Waals surface area contributed by atoms with Gasteiger partial charge in [0.2, 0.25) is 0 Å². The Morgan fingerprint density at radius 3 is 2.55 bits per heavy atom. The Kier molecular flexibility index (Phi) is 5.63. The zero-order valence-corrected chi connectivity index (χ0v) is 13.8. The van der Waals surface area contributed by atoms with Crippen LogP contribution in [0.2, 0.25) is 0 Å². The number of hydrogen-bond donors (Lipinski definition) is 2. The van der Waals surface area contributed by atoms with E-state index < -0.39 is 0 Å². The summed E-state index contributed by atoms with van der Waals surface area (Å²) < 4.78 is 7.24. The number of rotatable bonds is 6. The molecular weight excluding hydrogens is 278 g/mol. The van der Waals surface area contributed by atoms with Crippen LogP contribution in [0.5, 0.6) is 0 Å². The minimum absolute atomic E-state index is 0.790. The van der Waals surface area contributed by atoms with Gasteiger partial charge < -0.3 is 15.1 Å². The summed E-state index contributed by atoms with van der Waals surface area (Å²) in [6.45, 7) is 5.77. The number of nitrogens with one attached hydrogen (secondary N) is 2. The van der Waals surface area contributed by atoms with Crippen molar-refractivity contribution in [1.82, 2.24) is 20.4 Å². The quantitative estimate of drug-likeness (QED) is 0.628. The van der Waals surface area contributed by atoms with Gasteiger partial charge in [-0.05, 0) is 38.0 Å². The summed E-state index contributed by atoms with van der Waals surface area (Å²) in [4.78, 5) is 4.23. The second kappa shape index (κ2) is 7.68. The molecule has 0 spiro atoms. The van der Waals surface area contributed by atoms with Crippen LogP contribution in [0.25, 0.3) is 0 Å². The monoisotopic (exact) mass is 303 g/mol. The van der Waals surface area contributed by atoms with Gasteiger partial charge in [0.1, 0.15) is 5.76 Å². The average Bonchev–Trinajstić information content (AvgIpc) is 3.09. The van der Waals surface area contributed by atoms with Gasteiger partial charge in [0.25, 0.3) is 0 Å². The van der Waals surface area contributed by atoms with Crippen molar-refractivity contribution in [1.29, 1.82) is 0 Å². The highest BCUT2D eigenvalue weighted by Gasteiger charge is 2.09. The van der Waals surface area contributed by atoms with Crippen molar-refractivity contribution in [3.05, 3.63) is 41.1 Å². The van der Waals surface area contributed by atoms with Crippen LogP contribution in [-0.2, 0) is 19.9 Å². The molecule has 0 atom stereocenters. The molecule has 6 heteroatoms. The van der Waals surface area contributed by atoms with E-state index in [4.69, 9.17) is 4.42 Å². The standard InChI is InChI=1S/C16H25N5O/c1-12-15(13(2)21(4)20-12)8-10-19-16(17-3)18-9-7-14-6-5-11-22-14/h5-6,11H,7-10H2,1-4H3,(H2,17,18,19). The smallest absolute Gasteiger partial charge is 0.191 e. The SMILES string of the molecule is CN=C(NCCc1ccco1)NCCc1c(C)nn(C)c1C. The Hall–Kier alpha value is -2.24. The fourth-order valence-corrected chi connectivity index (χ4v) is 2.46. The highest BCUT2D eigenvalue weighted by atomic mass is 16.3. The topological polar surface area (TPSA) is 67.4 Å². The molecular formula is C16H25N5O. The Bertz CT molecular complexity index is 613. The van der Waals surface area contributed by atoms with Crippen LogP contribution in [0.4, 0.5) is 0 Å². The molecule has 0 saturated heterocycles. The molecule has 0 unspecified atom stereocenters. The first-order chi connectivity index (χ1) is 10.6. The Morgan fingerprint density at radius 1 is 1.27 bits per heavy atom. The molecule has 2 aromatic rings. The predicted molar refractivity (Wildman–Crippen MR) is 88.2 cm³/mol. The van der Waals surface area contributed by atoms with Crippen molar-refractivity contribution in [2.45, 2.75) is 26.7 Å². The van der Waals surface area contributed by atoms with Gasteiger partial charge in [0.15, 0.2) is 5.96 Å². The van der Waals surface area contributed by atoms with E-state index in [1.807, 2.05) is 23.9 Å². The summed E-state index contributed by atoms with van der Waals surface area (Å²) >= 11 is 0. The largest absolute Gasteiger partial charge is 0.469 e. The van der Waals surface area contributed by atoms with Crippen molar-refractivity contribution < 1.29 is 4.42 Å². The highest BCUT2D eigenvalue weighted by molar-refractivity contribution is 5.79. The van der Waals surface area contributed by atoms with Crippen LogP contribution in [0.1, 0.15) is 22.7 Å². The molecule has 0 aliphatic heterocycles. The van der Waals surface area contributed by atoms with E-state index in [0.717, 1.165) is 43.3 Å². The van der Waals surface area contributed by atoms with E-state index in [2.05, 4.69) is 34.6 Å². The predicted octanol–water partition coefficient (Wildman–Crippen LogP) is 1.58. The van der Waals surface area contributed by atoms with Crippen LogP contribution in [0.3, 0.4) is 0 Å². The lowest BCUT2D eigenvalue weighted by atomic mass is 10.1. The molecule has 2 N–H and O–H groups in total. The maximum Gasteiger partial charge on any atom is 0.191 e. The second-order valence-corrected chi connectivity index (χ2v) is 5.28. The molecule has 120 valence electrons. The van der Waals surface area contributed by atoms with Crippen molar-refractivity contribution in [2.24, 2.45) is 12.0 Å². The second-order valence-electron chi connectivity index (χ2n) is 5.28. The van der Waals surface area contributed by atoms with Crippen LogP contribution in [0.15, 0.2) is 27.8 Å². The minimum atomic E-state index is 0.790. The molecule has 0 amide bonds. The zero-order valence-electron chi connectivity index (χ0n) is 13.8. The lowest BCUT2D eigenvalue weighted by molar-refractivity contribution is 0.507. The summed E-state index contributed by atoms with van der Waals surface area (Å²) in [5.41, 5.74) is 3.63. The number of furan rings is 1. The number of aryl methyl sites for hydroxylation is 2. The van der Waals surface area contributed by atoms with Gasteiger partial charge in [-0.1, -0.05) is 0 Å². The third-order valence-electron chi connectivity index (χ3n) is 3.79. The maximum atomic E-state index is 5.31. The third kappa shape index (κ3) is 4.13. The number of hydrogen-bond acceptors (Lipinski definition) is 3. The van der Waals surface area contributed by atoms with Gasteiger partial charge in [0, 0.05) is 39.3 Å². The molecule has 0 aromatic carbocycles. The molecule has 2 heterocycles. The van der Waals surface area contributed by atoms with Gasteiger partial charge in [-0.25, -0.2) is 0 Å². The molecule has 2 rings (SSSR count). The molecule has 2 aromatic heterocycles. The number of aromatic nitrogens is 2. The Balaban J connectivity index is 1.74. The molecule has 0 radical (unpaired) electrons. The first-order valence-electron chi connectivity index (χ1n) is 7.57. The lowest BCUT2D eigenvalue weighted by Crippen LogP contribution is -2.39. The van der Waals surface area contributed by atoms with Crippen molar-refractivity contribution >= 4 is 5.96 Å². The van der Waals surface area contributed by atoms with E-state index >= 15 is 0 Å². The third-order valence-corrected chi connectivity index (χ3v) is 3.79. The summed E-state index contributed by atoms with van der Waals surface area (Å²) in [5, 5.41) is 11.1. The van der Waals surface area contributed by atoms with Gasteiger partial charge in [-0.2, -0.15) is 5.10 Å². The molecule has 6 nitrogen and oxygen atoms in total. The highest BCUT2D eigenvalue weighted by Crippen LogP contribution is 2.11. The van der Waals surface area contributed by atoms with E-state index in [-0.39, 0.29) is 0 Å². The maximum absolute atomic E-state index is 5.31. The summed E-state index contributed by atoms with van der Waals surface area (Å²) in [5.74, 6) is 1.79. The Labute approximate surface area is 131 Å². The minimum Gasteiger partial charge on any atom is -0.469 e. The van der Waals surface area contributed by atoms with Crippen molar-refractivity contribution in [2.75, 3.05) is 20.1 Å². The Morgan fingerprint density at radius 2 is 2.00 bits per heavy atom. The molecule has 0 saturated carbocycles. The average molecular weight is 303 g/mol. The van der Waals surface area contributed by atoms with Crippen LogP contribution in [0, 0.1) is 13.8 Å². The van der Waals surface area contributed by atoms with E-state index in [0.29, 0.717) is 0 Å². The van der Waals surface area contributed by atoms with E-state index in [1.54, 1.807) is 13.3 Å². The summed E-state index contributed by atoms with van der Waals surface area (Å²) in [6, 6.07) is 3.88. The van der Waals surface area contributed by atoms with Crippen LogP contribution < -0.4 is 10.6 Å². The van der Waals surface area contributed by atoms with Crippen molar-refractivity contribution in [3.8, 4) is 0 Å². The normalized spacial score (nSPS) is 11.7. The lowest BCUT2D eigenvalue weighted by Gasteiger charge is -2.11. The molecule has 0 bridgehead atoms. The summed E-state index contributed by atoms with van der Waals surface area (Å²) in [7, 11) is 3.76. The first kappa shape index (κ1) is 16.1. The zero-order chi connectivity index (χ0) is 15.9. The summed E-state index contributed by atoms with van der Waals surface area (Å²) in [6.07, 6.45) is 3.47. The van der Waals surface area contributed by atoms with Crippen molar-refractivity contribution in [3.63, 3.8) is 0 Å². The fraction of sp³-hybridized carbons (Fsp3) is 0.500. The number of guanidine groups is 1. The molecule has 0 aliphatic carbocycles. The molecule has 0 aliphatic rings. The molecule has 22 heavy (non-hydrogen) atoms. The number of nitrogens with zero attached hydrogens (tertiary/aromatic N) is 3.